The fourth-order valence-electron chi connectivity index (χ4n) is 5.16. The lowest BCUT2D eigenvalue weighted by atomic mass is 9.94. The van der Waals surface area contributed by atoms with E-state index in [1.807, 2.05) is 11.3 Å². The van der Waals surface area contributed by atoms with Gasteiger partial charge in [-0.1, -0.05) is 6.07 Å². The third-order valence-corrected chi connectivity index (χ3v) is 7.90. The van der Waals surface area contributed by atoms with Crippen molar-refractivity contribution in [3.63, 3.8) is 0 Å². The number of hydrogen-bond acceptors (Lipinski definition) is 6. The van der Waals surface area contributed by atoms with E-state index in [-0.39, 0.29) is 0 Å². The molecule has 0 unspecified atom stereocenters. The average Bonchev–Trinajstić information content (AvgIpc) is 3.28. The van der Waals surface area contributed by atoms with E-state index in [2.05, 4.69) is 49.5 Å². The van der Waals surface area contributed by atoms with Crippen LogP contribution in [0.25, 0.3) is 10.1 Å². The second-order valence-corrected chi connectivity index (χ2v) is 9.64. The average molecular weight is 415 g/mol. The summed E-state index contributed by atoms with van der Waals surface area (Å²) in [6.45, 7) is 12.4. The quantitative estimate of drug-likeness (QED) is 0.746. The van der Waals surface area contributed by atoms with Gasteiger partial charge >= 0.3 is 0 Å². The number of hydrazine groups is 1. The molecule has 4 heterocycles. The third kappa shape index (κ3) is 4.62. The Morgan fingerprint density at radius 3 is 2.41 bits per heavy atom. The fraction of sp³-hybridized carbons (Fsp3) is 0.652. The van der Waals surface area contributed by atoms with Crippen LogP contribution in [-0.2, 0) is 4.74 Å². The molecule has 0 spiro atoms. The van der Waals surface area contributed by atoms with Gasteiger partial charge in [-0.3, -0.25) is 4.90 Å². The van der Waals surface area contributed by atoms with E-state index >= 15 is 0 Å². The molecule has 0 radical (unpaired) electrons. The normalized spacial score (nSPS) is 23.8. The summed E-state index contributed by atoms with van der Waals surface area (Å²) >= 11 is 1.85. The highest BCUT2D eigenvalue weighted by molar-refractivity contribution is 7.17. The van der Waals surface area contributed by atoms with Crippen LogP contribution in [0.3, 0.4) is 0 Å². The predicted molar refractivity (Wildman–Crippen MR) is 122 cm³/mol. The van der Waals surface area contributed by atoms with Crippen molar-refractivity contribution in [2.24, 2.45) is 5.92 Å². The van der Waals surface area contributed by atoms with E-state index < -0.39 is 0 Å². The van der Waals surface area contributed by atoms with Crippen molar-refractivity contribution in [3.8, 4) is 0 Å². The zero-order chi connectivity index (χ0) is 19.5. The minimum atomic E-state index is 0.896. The molecule has 3 saturated heterocycles. The molecule has 29 heavy (non-hydrogen) atoms. The minimum Gasteiger partial charge on any atom is -0.379 e. The number of piperidine rings is 1. The summed E-state index contributed by atoms with van der Waals surface area (Å²) in [5, 5.41) is 8.75. The number of piperazine rings is 1. The summed E-state index contributed by atoms with van der Waals surface area (Å²) in [4.78, 5) is 5.28. The highest BCUT2D eigenvalue weighted by Crippen LogP contribution is 2.31. The summed E-state index contributed by atoms with van der Waals surface area (Å²) in [6.07, 6.45) is 4.09. The number of anilines is 1. The van der Waals surface area contributed by atoms with E-state index in [1.165, 1.54) is 67.8 Å². The Hall–Kier alpha value is -1.18. The fourth-order valence-corrected chi connectivity index (χ4v) is 5.97. The molecule has 5 nitrogen and oxygen atoms in total. The van der Waals surface area contributed by atoms with Crippen LogP contribution in [0, 0.1) is 5.92 Å². The molecule has 1 aromatic carbocycles. The Kier molecular flexibility index (Phi) is 6.35. The summed E-state index contributed by atoms with van der Waals surface area (Å²) in [5.41, 5.74) is 1.43. The molecule has 3 aliphatic heterocycles. The van der Waals surface area contributed by atoms with Gasteiger partial charge in [-0.2, -0.15) is 0 Å². The Morgan fingerprint density at radius 1 is 0.862 bits per heavy atom. The standard InChI is InChI=1S/C23H34N4OS/c1-2-22(21-7-19-29-23(21)3-1)25-13-11-24(12-14-25)8-4-20-5-9-26(10-6-20)27-15-17-28-18-16-27/h1-3,7,19-20H,4-6,8-18H2. The van der Waals surface area contributed by atoms with Crippen molar-refractivity contribution in [1.82, 2.24) is 14.9 Å². The van der Waals surface area contributed by atoms with Crippen molar-refractivity contribution in [2.45, 2.75) is 19.3 Å². The van der Waals surface area contributed by atoms with Gasteiger partial charge in [0.2, 0.25) is 0 Å². The second-order valence-electron chi connectivity index (χ2n) is 8.69. The van der Waals surface area contributed by atoms with Gasteiger partial charge in [0.05, 0.1) is 13.2 Å². The number of fused-ring (bicyclic) bond motifs is 1. The smallest absolute Gasteiger partial charge is 0.0608 e. The van der Waals surface area contributed by atoms with Crippen LogP contribution in [-0.4, -0.2) is 87.0 Å². The zero-order valence-electron chi connectivity index (χ0n) is 17.5. The molecule has 0 aliphatic carbocycles. The van der Waals surface area contributed by atoms with Crippen LogP contribution < -0.4 is 4.90 Å². The lowest BCUT2D eigenvalue weighted by molar-refractivity contribution is -0.104. The van der Waals surface area contributed by atoms with Crippen LogP contribution in [0.15, 0.2) is 29.6 Å². The van der Waals surface area contributed by atoms with Gasteiger partial charge in [0.25, 0.3) is 0 Å². The van der Waals surface area contributed by atoms with Gasteiger partial charge < -0.3 is 9.64 Å². The number of thiophene rings is 1. The molecule has 0 amide bonds. The molecule has 3 aliphatic rings. The molecule has 0 bridgehead atoms. The topological polar surface area (TPSA) is 22.2 Å². The Labute approximate surface area is 178 Å². The largest absolute Gasteiger partial charge is 0.379 e. The van der Waals surface area contributed by atoms with Crippen molar-refractivity contribution in [1.29, 1.82) is 0 Å². The monoisotopic (exact) mass is 414 g/mol. The Balaban J connectivity index is 1.05. The summed E-state index contributed by atoms with van der Waals surface area (Å²) in [5.74, 6) is 0.907. The van der Waals surface area contributed by atoms with Crippen LogP contribution in [0.1, 0.15) is 19.3 Å². The van der Waals surface area contributed by atoms with Gasteiger partial charge in [-0.15, -0.1) is 11.3 Å². The molecule has 3 fully saturated rings. The lowest BCUT2D eigenvalue weighted by Crippen LogP contribution is -2.52. The van der Waals surface area contributed by atoms with Crippen molar-refractivity contribution >= 4 is 27.1 Å². The summed E-state index contributed by atoms with van der Waals surface area (Å²) in [6, 6.07) is 9.03. The molecule has 2 aromatic rings. The highest BCUT2D eigenvalue weighted by atomic mass is 32.1. The number of hydrogen-bond donors (Lipinski definition) is 0. The molecular formula is C23H34N4OS. The van der Waals surface area contributed by atoms with E-state index in [4.69, 9.17) is 4.74 Å². The van der Waals surface area contributed by atoms with Crippen LogP contribution in [0.4, 0.5) is 5.69 Å². The Bertz CT molecular complexity index is 774. The van der Waals surface area contributed by atoms with Gasteiger partial charge in [-0.05, 0) is 55.3 Å². The van der Waals surface area contributed by atoms with Crippen LogP contribution in [0.2, 0.25) is 0 Å². The second kappa shape index (κ2) is 9.31. The first-order valence-corrected chi connectivity index (χ1v) is 12.3. The predicted octanol–water partition coefficient (Wildman–Crippen LogP) is 3.37. The zero-order valence-corrected chi connectivity index (χ0v) is 18.3. The van der Waals surface area contributed by atoms with Gasteiger partial charge in [0, 0.05) is 68.1 Å². The van der Waals surface area contributed by atoms with Crippen molar-refractivity contribution in [3.05, 3.63) is 29.6 Å². The van der Waals surface area contributed by atoms with E-state index in [0.717, 1.165) is 45.3 Å². The maximum atomic E-state index is 5.49. The van der Waals surface area contributed by atoms with Crippen molar-refractivity contribution in [2.75, 3.05) is 77.0 Å². The molecule has 0 N–H and O–H groups in total. The number of ether oxygens (including phenoxy) is 1. The van der Waals surface area contributed by atoms with Gasteiger partial charge in [0.15, 0.2) is 0 Å². The van der Waals surface area contributed by atoms with E-state index in [1.54, 1.807) is 0 Å². The third-order valence-electron chi connectivity index (χ3n) is 7.02. The van der Waals surface area contributed by atoms with Crippen LogP contribution in [0.5, 0.6) is 0 Å². The SMILES string of the molecule is c1cc(N2CCN(CCC3CCN(N4CCOCC4)CC3)CC2)c2ccsc2c1. The lowest BCUT2D eigenvalue weighted by Gasteiger charge is -2.42. The first kappa shape index (κ1) is 19.8. The number of rotatable bonds is 5. The maximum absolute atomic E-state index is 5.49. The summed E-state index contributed by atoms with van der Waals surface area (Å²) < 4.78 is 6.90. The molecule has 6 heteroatoms. The molecule has 158 valence electrons. The molecule has 1 aromatic heterocycles. The molecule has 5 rings (SSSR count). The van der Waals surface area contributed by atoms with Gasteiger partial charge in [-0.25, -0.2) is 10.0 Å². The summed E-state index contributed by atoms with van der Waals surface area (Å²) in [7, 11) is 0. The van der Waals surface area contributed by atoms with Crippen LogP contribution >= 0.6 is 11.3 Å². The number of nitrogens with zero attached hydrogens (tertiary/aromatic N) is 4. The maximum Gasteiger partial charge on any atom is 0.0608 e. The minimum absolute atomic E-state index is 0.896. The molecule has 0 saturated carbocycles. The number of morpholine rings is 1. The first-order valence-electron chi connectivity index (χ1n) is 11.4. The van der Waals surface area contributed by atoms with E-state index in [9.17, 15) is 0 Å². The van der Waals surface area contributed by atoms with Crippen molar-refractivity contribution < 1.29 is 4.74 Å². The Morgan fingerprint density at radius 2 is 1.62 bits per heavy atom. The van der Waals surface area contributed by atoms with E-state index in [0.29, 0.717) is 0 Å². The highest BCUT2D eigenvalue weighted by Gasteiger charge is 2.26. The van der Waals surface area contributed by atoms with Gasteiger partial charge in [0.1, 0.15) is 0 Å². The number of benzene rings is 1. The molecular weight excluding hydrogens is 380 g/mol. The molecule has 0 atom stereocenters. The first-order chi connectivity index (χ1) is 14.4.